The summed E-state index contributed by atoms with van der Waals surface area (Å²) in [7, 11) is 0. The third kappa shape index (κ3) is 4.32. The van der Waals surface area contributed by atoms with Crippen molar-refractivity contribution in [2.45, 2.75) is 25.2 Å². The number of rotatable bonds is 4. The van der Waals surface area contributed by atoms with Gasteiger partial charge < -0.3 is 19.9 Å². The molecule has 2 atom stereocenters. The molecule has 7 nitrogen and oxygen atoms in total. The first-order valence-corrected chi connectivity index (χ1v) is 9.49. The Hall–Kier alpha value is -3.30. The summed E-state index contributed by atoms with van der Waals surface area (Å²) in [6, 6.07) is 9.56. The van der Waals surface area contributed by atoms with Gasteiger partial charge in [0.15, 0.2) is 0 Å². The van der Waals surface area contributed by atoms with E-state index < -0.39 is 24.2 Å². The molecule has 3 aromatic rings. The first-order valence-electron chi connectivity index (χ1n) is 9.49. The number of nitrogens with one attached hydrogen (secondary N) is 2. The summed E-state index contributed by atoms with van der Waals surface area (Å²) in [5, 5.41) is 3.13. The van der Waals surface area contributed by atoms with E-state index in [0.29, 0.717) is 16.9 Å². The minimum Gasteiger partial charge on any atom is -0.445 e. The second-order valence-electron chi connectivity index (χ2n) is 7.13. The topological polar surface area (TPSA) is 83.1 Å². The van der Waals surface area contributed by atoms with Gasteiger partial charge in [0.25, 0.3) is 0 Å². The maximum absolute atomic E-state index is 13.6. The minimum atomic E-state index is -4.43. The van der Waals surface area contributed by atoms with Crippen molar-refractivity contribution in [3.63, 3.8) is 0 Å². The summed E-state index contributed by atoms with van der Waals surface area (Å²) in [6.45, 7) is 0.107. The van der Waals surface area contributed by atoms with E-state index in [1.165, 1.54) is 6.33 Å². The molecule has 0 unspecified atom stereocenters. The number of aromatic nitrogens is 3. The van der Waals surface area contributed by atoms with Gasteiger partial charge in [-0.25, -0.2) is 14.8 Å². The number of piperidine rings is 1. The number of carbonyl (C=O) groups is 1. The van der Waals surface area contributed by atoms with Gasteiger partial charge in [-0.3, -0.25) is 0 Å². The highest BCUT2D eigenvalue weighted by Crippen LogP contribution is 2.36. The van der Waals surface area contributed by atoms with E-state index in [9.17, 15) is 18.0 Å². The standard InChI is InChI=1S/C20H20F3N5O2/c21-20(22,23)15-7-9-28(18-14-6-8-24-17(14)25-12-26-18)10-16(15)27-19(29)30-11-13-4-2-1-3-5-13/h1-6,8,12,15-16H,7,9-11H2,(H,27,29)(H,24,25,26)/t15-,16-/m0/s1. The maximum Gasteiger partial charge on any atom is 0.407 e. The van der Waals surface area contributed by atoms with Crippen LogP contribution in [0.4, 0.5) is 23.8 Å². The summed E-state index contributed by atoms with van der Waals surface area (Å²) in [4.78, 5) is 25.3. The molecular weight excluding hydrogens is 399 g/mol. The van der Waals surface area contributed by atoms with Crippen LogP contribution in [-0.2, 0) is 11.3 Å². The number of benzene rings is 1. The molecule has 0 radical (unpaired) electrons. The van der Waals surface area contributed by atoms with Gasteiger partial charge in [0.05, 0.1) is 17.3 Å². The molecule has 2 aromatic heterocycles. The average Bonchev–Trinajstić information content (AvgIpc) is 3.21. The molecule has 0 saturated carbocycles. The maximum atomic E-state index is 13.6. The molecule has 1 aliphatic rings. The lowest BCUT2D eigenvalue weighted by atomic mass is 9.91. The fraction of sp³-hybridized carbons (Fsp3) is 0.350. The van der Waals surface area contributed by atoms with Gasteiger partial charge in [0, 0.05) is 19.3 Å². The van der Waals surface area contributed by atoms with Gasteiger partial charge in [0.2, 0.25) is 0 Å². The predicted octanol–water partition coefficient (Wildman–Crippen LogP) is 3.64. The number of alkyl halides is 3. The highest BCUT2D eigenvalue weighted by atomic mass is 19.4. The van der Waals surface area contributed by atoms with Gasteiger partial charge in [-0.05, 0) is 18.1 Å². The van der Waals surface area contributed by atoms with Crippen molar-refractivity contribution < 1.29 is 22.7 Å². The van der Waals surface area contributed by atoms with Crippen LogP contribution in [0.5, 0.6) is 0 Å². The molecule has 1 fully saturated rings. The van der Waals surface area contributed by atoms with E-state index in [0.717, 1.165) is 5.56 Å². The fourth-order valence-electron chi connectivity index (χ4n) is 3.71. The molecule has 4 rings (SSSR count). The molecular formula is C20H20F3N5O2. The number of H-pyrrole nitrogens is 1. The van der Waals surface area contributed by atoms with Crippen molar-refractivity contribution in [3.8, 4) is 0 Å². The monoisotopic (exact) mass is 419 g/mol. The predicted molar refractivity (Wildman–Crippen MR) is 104 cm³/mol. The number of anilines is 1. The van der Waals surface area contributed by atoms with E-state index in [1.54, 1.807) is 41.4 Å². The van der Waals surface area contributed by atoms with Gasteiger partial charge in [-0.15, -0.1) is 0 Å². The molecule has 0 spiro atoms. The van der Waals surface area contributed by atoms with Crippen molar-refractivity contribution in [1.29, 1.82) is 0 Å². The number of nitrogens with zero attached hydrogens (tertiary/aromatic N) is 3. The Morgan fingerprint density at radius 2 is 2.03 bits per heavy atom. The Kier molecular flexibility index (Phi) is 5.47. The Morgan fingerprint density at radius 1 is 1.23 bits per heavy atom. The number of halogens is 3. The summed E-state index contributed by atoms with van der Waals surface area (Å²) in [5.41, 5.74) is 1.35. The van der Waals surface area contributed by atoms with Crippen LogP contribution in [0.1, 0.15) is 12.0 Å². The number of hydrogen-bond donors (Lipinski definition) is 2. The van der Waals surface area contributed by atoms with E-state index >= 15 is 0 Å². The van der Waals surface area contributed by atoms with E-state index in [-0.39, 0.29) is 26.1 Å². The summed E-state index contributed by atoms with van der Waals surface area (Å²) in [5.74, 6) is -1.13. The number of fused-ring (bicyclic) bond motifs is 1. The molecule has 30 heavy (non-hydrogen) atoms. The van der Waals surface area contributed by atoms with Crippen molar-refractivity contribution >= 4 is 22.9 Å². The van der Waals surface area contributed by atoms with Gasteiger partial charge in [0.1, 0.15) is 24.4 Å². The molecule has 1 amide bonds. The zero-order valence-corrected chi connectivity index (χ0v) is 15.9. The number of ether oxygens (including phenoxy) is 1. The number of carbonyl (C=O) groups excluding carboxylic acids is 1. The Balaban J connectivity index is 1.48. The molecule has 2 N–H and O–H groups in total. The highest BCUT2D eigenvalue weighted by molar-refractivity contribution is 5.87. The van der Waals surface area contributed by atoms with Crippen molar-refractivity contribution in [1.82, 2.24) is 20.3 Å². The Labute approximate surface area is 170 Å². The summed E-state index contributed by atoms with van der Waals surface area (Å²) in [6.07, 6.45) is -2.42. The quantitative estimate of drug-likeness (QED) is 0.675. The fourth-order valence-corrected chi connectivity index (χ4v) is 3.71. The normalized spacial score (nSPS) is 19.6. The smallest absolute Gasteiger partial charge is 0.407 e. The number of hydrogen-bond acceptors (Lipinski definition) is 5. The lowest BCUT2D eigenvalue weighted by Crippen LogP contribution is -2.56. The Morgan fingerprint density at radius 3 is 2.80 bits per heavy atom. The number of alkyl carbamates (subject to hydrolysis) is 1. The van der Waals surface area contributed by atoms with E-state index in [2.05, 4.69) is 20.3 Å². The SMILES string of the molecule is O=C(N[C@H]1CN(c2ncnc3[nH]ccc23)CC[C@@H]1C(F)(F)F)OCc1ccccc1. The summed E-state index contributed by atoms with van der Waals surface area (Å²) >= 11 is 0. The van der Waals surface area contributed by atoms with Crippen LogP contribution in [0.3, 0.4) is 0 Å². The van der Waals surface area contributed by atoms with Gasteiger partial charge in [-0.2, -0.15) is 13.2 Å². The molecule has 0 aliphatic carbocycles. The molecule has 1 aliphatic heterocycles. The zero-order valence-electron chi connectivity index (χ0n) is 15.9. The van der Waals surface area contributed by atoms with Crippen LogP contribution in [0.15, 0.2) is 48.9 Å². The van der Waals surface area contributed by atoms with Crippen molar-refractivity contribution in [2.24, 2.45) is 5.92 Å². The van der Waals surface area contributed by atoms with Crippen LogP contribution in [0, 0.1) is 5.92 Å². The lowest BCUT2D eigenvalue weighted by molar-refractivity contribution is -0.185. The average molecular weight is 419 g/mol. The van der Waals surface area contributed by atoms with Crippen LogP contribution in [0.2, 0.25) is 0 Å². The highest BCUT2D eigenvalue weighted by Gasteiger charge is 2.48. The first kappa shape index (κ1) is 20.0. The summed E-state index contributed by atoms with van der Waals surface area (Å²) < 4.78 is 45.9. The molecule has 1 saturated heterocycles. The Bertz CT molecular complexity index is 1010. The third-order valence-corrected chi connectivity index (χ3v) is 5.18. The van der Waals surface area contributed by atoms with Gasteiger partial charge in [-0.1, -0.05) is 30.3 Å². The van der Waals surface area contributed by atoms with Crippen LogP contribution >= 0.6 is 0 Å². The van der Waals surface area contributed by atoms with Crippen molar-refractivity contribution in [2.75, 3.05) is 18.0 Å². The van der Waals surface area contributed by atoms with Gasteiger partial charge >= 0.3 is 12.3 Å². The second-order valence-corrected chi connectivity index (χ2v) is 7.13. The largest absolute Gasteiger partial charge is 0.445 e. The lowest BCUT2D eigenvalue weighted by Gasteiger charge is -2.40. The third-order valence-electron chi connectivity index (χ3n) is 5.18. The van der Waals surface area contributed by atoms with Crippen LogP contribution in [0.25, 0.3) is 11.0 Å². The van der Waals surface area contributed by atoms with Crippen LogP contribution < -0.4 is 10.2 Å². The molecule has 1 aromatic carbocycles. The number of amides is 1. The van der Waals surface area contributed by atoms with Crippen molar-refractivity contribution in [3.05, 3.63) is 54.5 Å². The molecule has 158 valence electrons. The van der Waals surface area contributed by atoms with E-state index in [1.807, 2.05) is 6.07 Å². The van der Waals surface area contributed by atoms with E-state index in [4.69, 9.17) is 4.74 Å². The minimum absolute atomic E-state index is 0.0182. The second kappa shape index (κ2) is 8.21. The number of aromatic amines is 1. The zero-order chi connectivity index (χ0) is 21.1. The molecule has 10 heteroatoms. The first-order chi connectivity index (χ1) is 14.4. The molecule has 0 bridgehead atoms. The molecule has 3 heterocycles. The van der Waals surface area contributed by atoms with Crippen LogP contribution in [-0.4, -0.2) is 46.4 Å².